The van der Waals surface area contributed by atoms with Crippen LogP contribution in [0.3, 0.4) is 0 Å². The van der Waals surface area contributed by atoms with E-state index < -0.39 is 23.5 Å². The number of halogens is 3. The number of anilines is 2. The van der Waals surface area contributed by atoms with Gasteiger partial charge in [-0.05, 0) is 48.9 Å². The molecule has 5 aromatic rings. The van der Waals surface area contributed by atoms with Crippen molar-refractivity contribution < 1.29 is 23.0 Å². The lowest BCUT2D eigenvalue weighted by atomic mass is 9.96. The molecule has 1 saturated carbocycles. The predicted octanol–water partition coefficient (Wildman–Crippen LogP) is 5.65. The van der Waals surface area contributed by atoms with Crippen molar-refractivity contribution in [2.45, 2.75) is 26.8 Å². The van der Waals surface area contributed by atoms with Crippen LogP contribution in [0.4, 0.5) is 20.3 Å². The van der Waals surface area contributed by atoms with Crippen LogP contribution in [0.5, 0.6) is 5.88 Å². The molecule has 2 atom stereocenters. The first-order valence-electron chi connectivity index (χ1n) is 16.8. The van der Waals surface area contributed by atoms with Gasteiger partial charge >= 0.3 is 11.7 Å². The Balaban J connectivity index is 1.18. The third-order valence-corrected chi connectivity index (χ3v) is 10.4. The van der Waals surface area contributed by atoms with Gasteiger partial charge in [0, 0.05) is 56.1 Å². The van der Waals surface area contributed by atoms with Crippen LogP contribution in [0.25, 0.3) is 33.4 Å². The average Bonchev–Trinajstić information content (AvgIpc) is 3.65. The first-order chi connectivity index (χ1) is 24.9. The number of nitrogens with one attached hydrogen (secondary N) is 1. The third kappa shape index (κ3) is 6.09. The molecule has 0 amide bonds. The van der Waals surface area contributed by atoms with Crippen LogP contribution in [-0.2, 0) is 30.2 Å². The summed E-state index contributed by atoms with van der Waals surface area (Å²) in [6.07, 6.45) is -3.05. The molecular weight excluding hydrogens is 696 g/mol. The second-order valence-electron chi connectivity index (χ2n) is 13.1. The number of piperidine rings is 1. The predicted molar refractivity (Wildman–Crippen MR) is 192 cm³/mol. The van der Waals surface area contributed by atoms with Crippen molar-refractivity contribution in [1.29, 1.82) is 0 Å². The minimum Gasteiger partial charge on any atom is -0.481 e. The van der Waals surface area contributed by atoms with Gasteiger partial charge in [-0.1, -0.05) is 48.0 Å². The molecule has 0 spiro atoms. The van der Waals surface area contributed by atoms with Crippen molar-refractivity contribution in [3.63, 3.8) is 0 Å². The van der Waals surface area contributed by atoms with E-state index in [1.807, 2.05) is 50.2 Å². The molecule has 7 rings (SSSR count). The Morgan fingerprint density at radius 3 is 2.37 bits per heavy atom. The van der Waals surface area contributed by atoms with Crippen molar-refractivity contribution in [3.8, 4) is 28.3 Å². The molecule has 52 heavy (non-hydrogen) atoms. The van der Waals surface area contributed by atoms with Gasteiger partial charge in [0.2, 0.25) is 5.88 Å². The molecule has 2 aliphatic rings. The number of nitrogens with zero attached hydrogens (tertiary/aromatic N) is 6. The number of ether oxygens (including phenoxy) is 2. The molecule has 1 aliphatic carbocycles. The largest absolute Gasteiger partial charge is 0.481 e. The lowest BCUT2D eigenvalue weighted by molar-refractivity contribution is -0.145. The molecule has 0 radical (unpaired) electrons. The highest BCUT2D eigenvalue weighted by molar-refractivity contribution is 6.36. The summed E-state index contributed by atoms with van der Waals surface area (Å²) in [5, 5.41) is 3.39. The fraction of sp³-hybridized carbons (Fsp3) is 0.351. The molecule has 1 N–H and O–H groups in total. The molecule has 2 unspecified atom stereocenters. The van der Waals surface area contributed by atoms with Crippen LogP contribution in [-0.4, -0.2) is 61.8 Å². The number of methoxy groups -OCH3 is 1. The molecular formula is C37H36ClF2N7O5. The maximum absolute atomic E-state index is 13.9. The first kappa shape index (κ1) is 35.2. The molecule has 0 bridgehead atoms. The molecule has 1 saturated heterocycles. The zero-order chi connectivity index (χ0) is 37.0. The highest BCUT2D eigenvalue weighted by atomic mass is 35.5. The van der Waals surface area contributed by atoms with Crippen LogP contribution in [0, 0.1) is 24.7 Å². The number of benzene rings is 2. The minimum atomic E-state index is -3.05. The Morgan fingerprint density at radius 2 is 1.67 bits per heavy atom. The van der Waals surface area contributed by atoms with Crippen LogP contribution in [0.2, 0.25) is 5.02 Å². The van der Waals surface area contributed by atoms with Gasteiger partial charge in [0.25, 0.3) is 12.0 Å². The Hall–Kier alpha value is -5.21. The van der Waals surface area contributed by atoms with Gasteiger partial charge in [0.15, 0.2) is 11.5 Å². The van der Waals surface area contributed by atoms with Crippen LogP contribution in [0.15, 0.2) is 58.1 Å². The summed E-state index contributed by atoms with van der Waals surface area (Å²) in [6.45, 7) is 6.32. The lowest BCUT2D eigenvalue weighted by Gasteiger charge is -2.20. The van der Waals surface area contributed by atoms with E-state index in [4.69, 9.17) is 26.1 Å². The van der Waals surface area contributed by atoms with Gasteiger partial charge in [0.05, 0.1) is 30.4 Å². The molecule has 2 aromatic carbocycles. The fourth-order valence-electron chi connectivity index (χ4n) is 7.28. The number of aryl methyl sites for hydroxylation is 1. The monoisotopic (exact) mass is 731 g/mol. The number of hydrogen-bond donors (Lipinski definition) is 1. The summed E-state index contributed by atoms with van der Waals surface area (Å²) in [5.74, 6) is 0.0660. The Morgan fingerprint density at radius 1 is 0.981 bits per heavy atom. The number of alkyl halides is 2. The SMILES string of the molecule is CCOC(=O)C1C2CN(Cc3ccc(-c4cccc(-c5cccc(Nc6nc(C(F)F)nc7c6c(=O)n(C)c(=O)n7C)c5C)c4Cl)nc3OC)CC21. The van der Waals surface area contributed by atoms with Crippen molar-refractivity contribution in [2.75, 3.05) is 32.1 Å². The minimum absolute atomic E-state index is 0.00395. The summed E-state index contributed by atoms with van der Waals surface area (Å²) in [5.41, 5.74) is 3.18. The Labute approximate surface area is 302 Å². The molecule has 15 heteroatoms. The smallest absolute Gasteiger partial charge is 0.332 e. The Kier molecular flexibility index (Phi) is 9.30. The number of fused-ring (bicyclic) bond motifs is 2. The highest BCUT2D eigenvalue weighted by Crippen LogP contribution is 2.52. The van der Waals surface area contributed by atoms with Crippen LogP contribution >= 0.6 is 11.6 Å². The number of hydrogen-bond acceptors (Lipinski definition) is 10. The zero-order valence-electron chi connectivity index (χ0n) is 29.1. The molecule has 2 fully saturated rings. The van der Waals surface area contributed by atoms with Gasteiger partial charge in [-0.25, -0.2) is 28.5 Å². The molecule has 12 nitrogen and oxygen atoms in total. The van der Waals surface area contributed by atoms with E-state index in [-0.39, 0.29) is 28.7 Å². The van der Waals surface area contributed by atoms with Gasteiger partial charge < -0.3 is 14.8 Å². The van der Waals surface area contributed by atoms with E-state index >= 15 is 0 Å². The highest BCUT2D eigenvalue weighted by Gasteiger charge is 2.60. The van der Waals surface area contributed by atoms with Gasteiger partial charge in [-0.2, -0.15) is 0 Å². The standard InChI is InChI=1S/C37H36ClF2N7O5/c1-6-52-36(49)27-23-16-47(17-24(23)27)15-19-13-14-26(42-34(19)51-5)22-11-7-10-21(29(22)38)20-9-8-12-25(18(20)2)41-31-28-33(44-32(43-31)30(39)40)45(3)37(50)46(4)35(28)48/h7-14,23-24,27,30H,6,15-17H2,1-5H3,(H,41,43,44). The van der Waals surface area contributed by atoms with E-state index in [0.29, 0.717) is 64.0 Å². The van der Waals surface area contributed by atoms with Crippen LogP contribution in [0.1, 0.15) is 30.3 Å². The van der Waals surface area contributed by atoms with E-state index in [2.05, 4.69) is 20.2 Å². The summed E-state index contributed by atoms with van der Waals surface area (Å²) in [4.78, 5) is 52.9. The normalized spacial score (nSPS) is 18.1. The topological polar surface area (TPSA) is 133 Å². The zero-order valence-corrected chi connectivity index (χ0v) is 29.9. The van der Waals surface area contributed by atoms with Gasteiger partial charge in [-0.3, -0.25) is 23.6 Å². The average molecular weight is 732 g/mol. The van der Waals surface area contributed by atoms with E-state index in [9.17, 15) is 23.2 Å². The number of esters is 1. The number of likely N-dealkylation sites (tertiary alicyclic amines) is 1. The molecule has 3 aromatic heterocycles. The van der Waals surface area contributed by atoms with Crippen molar-refractivity contribution >= 4 is 40.1 Å². The van der Waals surface area contributed by atoms with Gasteiger partial charge in [0.1, 0.15) is 11.2 Å². The van der Waals surface area contributed by atoms with E-state index in [0.717, 1.165) is 33.4 Å². The lowest BCUT2D eigenvalue weighted by Crippen LogP contribution is -2.38. The first-order valence-corrected chi connectivity index (χ1v) is 17.2. The summed E-state index contributed by atoms with van der Waals surface area (Å²) in [6, 6.07) is 14.9. The molecule has 1 aliphatic heterocycles. The second-order valence-corrected chi connectivity index (χ2v) is 13.4. The number of carbonyl (C=O) groups excluding carboxylic acids is 1. The number of pyridine rings is 1. The number of aromatic nitrogens is 5. The van der Waals surface area contributed by atoms with Crippen molar-refractivity contribution in [2.24, 2.45) is 31.8 Å². The van der Waals surface area contributed by atoms with Crippen molar-refractivity contribution in [3.05, 3.63) is 91.3 Å². The molecule has 4 heterocycles. The van der Waals surface area contributed by atoms with E-state index in [1.54, 1.807) is 19.2 Å². The van der Waals surface area contributed by atoms with Crippen LogP contribution < -0.4 is 21.3 Å². The summed E-state index contributed by atoms with van der Waals surface area (Å²) in [7, 11) is 4.23. The number of rotatable bonds is 10. The van der Waals surface area contributed by atoms with Crippen molar-refractivity contribution in [1.82, 2.24) is 29.0 Å². The molecule has 270 valence electrons. The quantitative estimate of drug-likeness (QED) is 0.180. The summed E-state index contributed by atoms with van der Waals surface area (Å²) >= 11 is 7.09. The maximum Gasteiger partial charge on any atom is 0.332 e. The maximum atomic E-state index is 13.9. The second kappa shape index (κ2) is 13.7. The summed E-state index contributed by atoms with van der Waals surface area (Å²) < 4.78 is 40.6. The Bertz CT molecular complexity index is 2350. The third-order valence-electron chi connectivity index (χ3n) is 10.0. The van der Waals surface area contributed by atoms with E-state index in [1.165, 1.54) is 14.1 Å². The fourth-order valence-corrected chi connectivity index (χ4v) is 7.60. The van der Waals surface area contributed by atoms with Gasteiger partial charge in [-0.15, -0.1) is 0 Å². The number of carbonyl (C=O) groups is 1.